The molecule has 2 atom stereocenters. The largest absolute Gasteiger partial charge is 0.465 e. The quantitative estimate of drug-likeness (QED) is 0.422. The molecule has 0 bridgehead atoms. The Balaban J connectivity index is 1.42. The van der Waals surface area contributed by atoms with E-state index in [0.717, 1.165) is 22.3 Å². The van der Waals surface area contributed by atoms with Crippen LogP contribution in [0.5, 0.6) is 0 Å². The lowest BCUT2D eigenvalue weighted by atomic mass is 9.46. The second-order valence-corrected chi connectivity index (χ2v) is 10.4. The van der Waals surface area contributed by atoms with Gasteiger partial charge in [-0.25, -0.2) is 9.59 Å². The Bertz CT molecular complexity index is 1480. The van der Waals surface area contributed by atoms with Crippen LogP contribution in [0.4, 0.5) is 0 Å². The van der Waals surface area contributed by atoms with Crippen LogP contribution in [0.15, 0.2) is 119 Å². The van der Waals surface area contributed by atoms with Crippen molar-refractivity contribution in [2.75, 3.05) is 14.2 Å². The molecule has 4 heteroatoms. The van der Waals surface area contributed by atoms with E-state index in [4.69, 9.17) is 9.47 Å². The lowest BCUT2D eigenvalue weighted by Gasteiger charge is -2.56. The number of benzene rings is 2. The van der Waals surface area contributed by atoms with E-state index in [2.05, 4.69) is 62.5 Å². The minimum Gasteiger partial charge on any atom is -0.465 e. The van der Waals surface area contributed by atoms with E-state index in [1.807, 2.05) is 48.5 Å². The number of rotatable bonds is 4. The molecule has 2 aromatic carbocycles. The summed E-state index contributed by atoms with van der Waals surface area (Å²) in [7, 11) is 2.79. The van der Waals surface area contributed by atoms with Gasteiger partial charge in [-0.3, -0.25) is 0 Å². The topological polar surface area (TPSA) is 52.6 Å². The molecule has 0 aromatic heterocycles. The van der Waals surface area contributed by atoms with Crippen LogP contribution in [0.3, 0.4) is 0 Å². The first-order valence-corrected chi connectivity index (χ1v) is 12.7. The molecule has 0 heterocycles. The highest BCUT2D eigenvalue weighted by atomic mass is 16.5. The number of carbonyl (C=O) groups excluding carboxylic acids is 2. The van der Waals surface area contributed by atoms with Crippen molar-refractivity contribution < 1.29 is 19.1 Å². The van der Waals surface area contributed by atoms with E-state index in [-0.39, 0.29) is 22.8 Å². The van der Waals surface area contributed by atoms with Gasteiger partial charge in [-0.2, -0.15) is 0 Å². The van der Waals surface area contributed by atoms with Crippen molar-refractivity contribution in [2.45, 2.75) is 13.8 Å². The molecular weight excluding hydrogens is 472 g/mol. The number of carbonyl (C=O) groups is 2. The summed E-state index contributed by atoms with van der Waals surface area (Å²) in [6.07, 6.45) is 18.1. The molecule has 0 radical (unpaired) electrons. The fourth-order valence-corrected chi connectivity index (χ4v) is 6.20. The van der Waals surface area contributed by atoms with Crippen LogP contribution in [0.25, 0.3) is 11.1 Å². The lowest BCUT2D eigenvalue weighted by molar-refractivity contribution is 0.0592. The Morgan fingerprint density at radius 2 is 0.921 bits per heavy atom. The Morgan fingerprint density at radius 1 is 0.553 bits per heavy atom. The summed E-state index contributed by atoms with van der Waals surface area (Å²) in [5.74, 6) is -0.668. The maximum absolute atomic E-state index is 11.9. The highest BCUT2D eigenvalue weighted by Gasteiger charge is 2.56. The summed E-state index contributed by atoms with van der Waals surface area (Å²) in [5.41, 5.74) is 10.1. The van der Waals surface area contributed by atoms with Gasteiger partial charge in [0.25, 0.3) is 0 Å². The zero-order chi connectivity index (χ0) is 26.7. The molecule has 6 rings (SSSR count). The van der Waals surface area contributed by atoms with E-state index in [0.29, 0.717) is 11.1 Å². The Morgan fingerprint density at radius 3 is 1.26 bits per heavy atom. The fraction of sp³-hybridized carbons (Fsp3) is 0.176. The van der Waals surface area contributed by atoms with Crippen LogP contribution < -0.4 is 0 Å². The number of methoxy groups -OCH3 is 2. The second-order valence-electron chi connectivity index (χ2n) is 10.4. The van der Waals surface area contributed by atoms with Crippen molar-refractivity contribution in [3.8, 4) is 0 Å². The summed E-state index contributed by atoms with van der Waals surface area (Å²) in [5, 5.41) is 0. The number of allylic oxidation sites excluding steroid dienone is 14. The van der Waals surface area contributed by atoms with Gasteiger partial charge in [0, 0.05) is 10.8 Å². The number of ether oxygens (including phenoxy) is 2. The zero-order valence-corrected chi connectivity index (χ0v) is 21.9. The number of hydrogen-bond donors (Lipinski definition) is 0. The molecule has 0 N–H and O–H groups in total. The summed E-state index contributed by atoms with van der Waals surface area (Å²) < 4.78 is 9.69. The van der Waals surface area contributed by atoms with Gasteiger partial charge in [0.05, 0.1) is 25.3 Å². The Hall–Kier alpha value is -4.44. The molecule has 0 aliphatic heterocycles. The van der Waals surface area contributed by atoms with E-state index in [1.54, 1.807) is 0 Å². The lowest BCUT2D eigenvalue weighted by Crippen LogP contribution is -2.47. The van der Waals surface area contributed by atoms with Crippen molar-refractivity contribution >= 4 is 23.1 Å². The Kier molecular flexibility index (Phi) is 5.39. The van der Waals surface area contributed by atoms with Gasteiger partial charge in [-0.1, -0.05) is 86.7 Å². The molecule has 38 heavy (non-hydrogen) atoms. The predicted octanol–water partition coefficient (Wildman–Crippen LogP) is 7.06. The predicted molar refractivity (Wildman–Crippen MR) is 149 cm³/mol. The molecule has 0 saturated carbocycles. The van der Waals surface area contributed by atoms with Crippen LogP contribution >= 0.6 is 0 Å². The van der Waals surface area contributed by atoms with Gasteiger partial charge in [0.2, 0.25) is 0 Å². The molecule has 4 aliphatic carbocycles. The summed E-state index contributed by atoms with van der Waals surface area (Å²) in [4.78, 5) is 23.7. The molecule has 4 aliphatic rings. The second kappa shape index (κ2) is 8.56. The van der Waals surface area contributed by atoms with Gasteiger partial charge in [-0.05, 0) is 68.8 Å². The van der Waals surface area contributed by atoms with E-state index in [9.17, 15) is 9.59 Å². The minimum absolute atomic E-state index is 0.218. The highest BCUT2D eigenvalue weighted by Crippen LogP contribution is 2.66. The van der Waals surface area contributed by atoms with E-state index >= 15 is 0 Å². The first-order valence-electron chi connectivity index (χ1n) is 12.7. The van der Waals surface area contributed by atoms with Gasteiger partial charge in [-0.15, -0.1) is 0 Å². The zero-order valence-electron chi connectivity index (χ0n) is 21.9. The van der Waals surface area contributed by atoms with Crippen LogP contribution in [-0.2, 0) is 9.47 Å². The SMILES string of the molecule is COC(=O)c1ccc(C2=CC3=CC=C4C=C(c5ccc(C(=O)OC)cc5)C=C5C=CC(=C2)C3(C)C45C)cc1. The maximum Gasteiger partial charge on any atom is 0.337 e. The van der Waals surface area contributed by atoms with Crippen LogP contribution in [0.2, 0.25) is 0 Å². The van der Waals surface area contributed by atoms with Crippen molar-refractivity contribution in [1.82, 2.24) is 0 Å². The third-order valence-electron chi connectivity index (χ3n) is 8.72. The molecule has 188 valence electrons. The molecular formula is C34H28O4. The standard InChI is InChI=1S/C34H28O4/c1-33-27-13-15-29-19-26(22-7-11-24(12-8-22)32(36)38-4)20-30(34(29,33)2)16-14-28(33)18-25(17-27)21-5-9-23(10-6-21)31(35)37-3/h5-20H,1-4H3. The Labute approximate surface area is 222 Å². The third kappa shape index (κ3) is 3.30. The summed E-state index contributed by atoms with van der Waals surface area (Å²) >= 11 is 0. The van der Waals surface area contributed by atoms with Crippen molar-refractivity contribution in [3.05, 3.63) is 142 Å². The summed E-state index contributed by atoms with van der Waals surface area (Å²) in [6.45, 7) is 4.68. The minimum atomic E-state index is -0.334. The van der Waals surface area contributed by atoms with Crippen LogP contribution in [0, 0.1) is 10.8 Å². The van der Waals surface area contributed by atoms with E-state index in [1.165, 1.54) is 36.5 Å². The van der Waals surface area contributed by atoms with Crippen molar-refractivity contribution in [3.63, 3.8) is 0 Å². The first kappa shape index (κ1) is 23.9. The van der Waals surface area contributed by atoms with Crippen LogP contribution in [-0.4, -0.2) is 26.2 Å². The smallest absolute Gasteiger partial charge is 0.337 e. The highest BCUT2D eigenvalue weighted by molar-refractivity contribution is 5.92. The average molecular weight is 501 g/mol. The van der Waals surface area contributed by atoms with Gasteiger partial charge >= 0.3 is 11.9 Å². The van der Waals surface area contributed by atoms with Gasteiger partial charge in [0.1, 0.15) is 0 Å². The molecule has 4 nitrogen and oxygen atoms in total. The van der Waals surface area contributed by atoms with E-state index < -0.39 is 0 Å². The number of esters is 2. The molecule has 0 spiro atoms. The molecule has 0 fully saturated rings. The molecule has 2 aromatic rings. The normalized spacial score (nSPS) is 24.5. The van der Waals surface area contributed by atoms with Crippen molar-refractivity contribution in [1.29, 1.82) is 0 Å². The van der Waals surface area contributed by atoms with Crippen LogP contribution in [0.1, 0.15) is 45.7 Å². The maximum atomic E-state index is 11.9. The molecule has 0 amide bonds. The molecule has 2 unspecified atom stereocenters. The average Bonchev–Trinajstić information content (AvgIpc) is 2.95. The summed E-state index contributed by atoms with van der Waals surface area (Å²) in [6, 6.07) is 15.1. The first-order chi connectivity index (χ1) is 18.3. The fourth-order valence-electron chi connectivity index (χ4n) is 6.20. The third-order valence-corrected chi connectivity index (χ3v) is 8.72. The monoisotopic (exact) mass is 500 g/mol. The van der Waals surface area contributed by atoms with Gasteiger partial charge < -0.3 is 9.47 Å². The molecule has 0 saturated heterocycles. The van der Waals surface area contributed by atoms with Gasteiger partial charge in [0.15, 0.2) is 0 Å². The number of hydrogen-bond acceptors (Lipinski definition) is 4. The van der Waals surface area contributed by atoms with Crippen molar-refractivity contribution in [2.24, 2.45) is 10.8 Å².